The molecule has 0 fully saturated rings. The lowest BCUT2D eigenvalue weighted by Gasteiger charge is -2.40. The molecule has 5 heteroatoms. The van der Waals surface area contributed by atoms with E-state index in [0.717, 1.165) is 30.4 Å². The van der Waals surface area contributed by atoms with Crippen LogP contribution in [0.5, 0.6) is 0 Å². The highest BCUT2D eigenvalue weighted by molar-refractivity contribution is 5.52. The largest absolute Gasteiger partial charge is 0.399 e. The van der Waals surface area contributed by atoms with Crippen molar-refractivity contribution in [1.29, 1.82) is 0 Å². The molecule has 22 heavy (non-hydrogen) atoms. The quantitative estimate of drug-likeness (QED) is 0.542. The van der Waals surface area contributed by atoms with Crippen molar-refractivity contribution < 1.29 is 9.59 Å². The summed E-state index contributed by atoms with van der Waals surface area (Å²) < 4.78 is 0. The van der Waals surface area contributed by atoms with Crippen LogP contribution in [0.2, 0.25) is 0 Å². The third-order valence-electron chi connectivity index (χ3n) is 4.09. The number of nitrogens with two attached hydrogens (primary N) is 1. The number of nitrogens with one attached hydrogen (secondary N) is 1. The molecule has 3 N–H and O–H groups in total. The Morgan fingerprint density at radius 1 is 1.36 bits per heavy atom. The summed E-state index contributed by atoms with van der Waals surface area (Å²) >= 11 is 0. The third-order valence-corrected chi connectivity index (χ3v) is 4.09. The number of hydrogen-bond donors (Lipinski definition) is 2. The Hall–Kier alpha value is -2.04. The summed E-state index contributed by atoms with van der Waals surface area (Å²) in [5.74, 6) is 0. The lowest BCUT2D eigenvalue weighted by molar-refractivity contribution is -0.124. The molecule has 0 aliphatic carbocycles. The van der Waals surface area contributed by atoms with Crippen molar-refractivity contribution in [3.8, 4) is 0 Å². The first-order valence-corrected chi connectivity index (χ1v) is 7.63. The molecule has 1 unspecified atom stereocenters. The van der Waals surface area contributed by atoms with Gasteiger partial charge in [0.25, 0.3) is 0 Å². The number of hydrogen-bond acceptors (Lipinski definition) is 3. The predicted molar refractivity (Wildman–Crippen MR) is 89.2 cm³/mol. The summed E-state index contributed by atoms with van der Waals surface area (Å²) in [4.78, 5) is 24.3. The maximum atomic E-state index is 11.7. The number of carbonyl (C=O) groups is 2. The first kappa shape index (κ1) is 18.0. The summed E-state index contributed by atoms with van der Waals surface area (Å²) in [7, 11) is 0. The third kappa shape index (κ3) is 4.48. The van der Waals surface area contributed by atoms with Crippen molar-refractivity contribution in [3.63, 3.8) is 0 Å². The topological polar surface area (TPSA) is 75.4 Å². The van der Waals surface area contributed by atoms with Gasteiger partial charge in [-0.1, -0.05) is 19.4 Å². The summed E-state index contributed by atoms with van der Waals surface area (Å²) in [5, 5.41) is 2.83. The van der Waals surface area contributed by atoms with Crippen molar-refractivity contribution in [2.45, 2.75) is 58.7 Å². The van der Waals surface area contributed by atoms with Crippen LogP contribution in [0.25, 0.3) is 0 Å². The fraction of sp³-hybridized carbons (Fsp3) is 0.529. The Labute approximate surface area is 132 Å². The second-order valence-electron chi connectivity index (χ2n) is 6.25. The van der Waals surface area contributed by atoms with Gasteiger partial charge in [0.2, 0.25) is 12.8 Å². The van der Waals surface area contributed by atoms with Gasteiger partial charge >= 0.3 is 0 Å². The Morgan fingerprint density at radius 3 is 2.59 bits per heavy atom. The molecule has 0 spiro atoms. The molecule has 1 atom stereocenters. The van der Waals surface area contributed by atoms with E-state index >= 15 is 0 Å². The average Bonchev–Trinajstić information content (AvgIpc) is 2.46. The van der Waals surface area contributed by atoms with Gasteiger partial charge in [0, 0.05) is 12.2 Å². The summed E-state index contributed by atoms with van der Waals surface area (Å²) in [6, 6.07) is 5.62. The number of aryl methyl sites for hydroxylation is 1. The van der Waals surface area contributed by atoms with Crippen molar-refractivity contribution in [1.82, 2.24) is 10.2 Å². The van der Waals surface area contributed by atoms with E-state index in [1.165, 1.54) is 0 Å². The molecular weight excluding hydrogens is 278 g/mol. The zero-order valence-electron chi connectivity index (χ0n) is 13.9. The molecule has 2 amide bonds. The van der Waals surface area contributed by atoms with E-state index in [2.05, 4.69) is 12.2 Å². The number of nitrogen functional groups attached to an aromatic ring is 1. The first-order chi connectivity index (χ1) is 10.4. The number of nitrogens with zero attached hydrogens (tertiary/aromatic N) is 1. The number of rotatable bonds is 9. The molecule has 0 saturated carbocycles. The molecule has 0 aliphatic heterocycles. The van der Waals surface area contributed by atoms with Crippen LogP contribution in [0, 0.1) is 6.92 Å². The Kier molecular flexibility index (Phi) is 6.40. The highest BCUT2D eigenvalue weighted by Gasteiger charge is 2.32. The number of benzene rings is 1. The zero-order valence-corrected chi connectivity index (χ0v) is 13.9. The normalized spacial score (nSPS) is 12.5. The average molecular weight is 305 g/mol. The van der Waals surface area contributed by atoms with E-state index < -0.39 is 5.54 Å². The minimum atomic E-state index is -0.493. The smallest absolute Gasteiger partial charge is 0.210 e. The standard InChI is InChI=1S/C17H27N3O2/c1-5-6-16(17(3,4)19-11-21)20(12-22)10-14-9-15(18)8-7-13(14)2/h7-9,11-12,16H,5-6,10,18H2,1-4H3,(H,19,21). The Bertz CT molecular complexity index is 515. The van der Waals surface area contributed by atoms with E-state index in [1.807, 2.05) is 39.0 Å². The van der Waals surface area contributed by atoms with Gasteiger partial charge in [-0.25, -0.2) is 0 Å². The predicted octanol–water partition coefficient (Wildman–Crippen LogP) is 2.23. The molecule has 0 aliphatic rings. The lowest BCUT2D eigenvalue weighted by atomic mass is 9.89. The van der Waals surface area contributed by atoms with Gasteiger partial charge in [0.05, 0.1) is 11.6 Å². The Balaban J connectivity index is 3.06. The fourth-order valence-corrected chi connectivity index (χ4v) is 2.74. The van der Waals surface area contributed by atoms with Crippen LogP contribution in [-0.2, 0) is 16.1 Å². The molecule has 122 valence electrons. The van der Waals surface area contributed by atoms with E-state index in [9.17, 15) is 9.59 Å². The van der Waals surface area contributed by atoms with E-state index in [1.54, 1.807) is 4.90 Å². The van der Waals surface area contributed by atoms with Crippen molar-refractivity contribution in [2.24, 2.45) is 0 Å². The van der Waals surface area contributed by atoms with Crippen LogP contribution in [0.3, 0.4) is 0 Å². The maximum Gasteiger partial charge on any atom is 0.210 e. The molecule has 1 aromatic rings. The van der Waals surface area contributed by atoms with Crippen LogP contribution in [-0.4, -0.2) is 29.3 Å². The minimum absolute atomic E-state index is 0.0824. The summed E-state index contributed by atoms with van der Waals surface area (Å²) in [6.07, 6.45) is 3.29. The van der Waals surface area contributed by atoms with Gasteiger partial charge in [0.15, 0.2) is 0 Å². The van der Waals surface area contributed by atoms with Gasteiger partial charge < -0.3 is 16.0 Å². The lowest BCUT2D eigenvalue weighted by Crippen LogP contribution is -2.56. The van der Waals surface area contributed by atoms with Crippen molar-refractivity contribution >= 4 is 18.5 Å². The van der Waals surface area contributed by atoms with E-state index in [-0.39, 0.29) is 6.04 Å². The van der Waals surface area contributed by atoms with Gasteiger partial charge in [-0.15, -0.1) is 0 Å². The SMILES string of the molecule is CCCC(N(C=O)Cc1cc(N)ccc1C)C(C)(C)NC=O. The van der Waals surface area contributed by atoms with Gasteiger partial charge in [-0.3, -0.25) is 9.59 Å². The molecular formula is C17H27N3O2. The second kappa shape index (κ2) is 7.82. The molecule has 0 aromatic heterocycles. The number of carbonyl (C=O) groups excluding carboxylic acids is 2. The molecule has 1 rings (SSSR count). The van der Waals surface area contributed by atoms with Gasteiger partial charge in [-0.2, -0.15) is 0 Å². The molecule has 0 saturated heterocycles. The highest BCUT2D eigenvalue weighted by atomic mass is 16.1. The zero-order chi connectivity index (χ0) is 16.8. The number of amides is 2. The van der Waals surface area contributed by atoms with Gasteiger partial charge in [0.1, 0.15) is 0 Å². The summed E-state index contributed by atoms with van der Waals surface area (Å²) in [6.45, 7) is 8.42. The van der Waals surface area contributed by atoms with Gasteiger partial charge in [-0.05, 0) is 50.5 Å². The molecule has 0 radical (unpaired) electrons. The first-order valence-electron chi connectivity index (χ1n) is 7.63. The minimum Gasteiger partial charge on any atom is -0.399 e. The van der Waals surface area contributed by atoms with Crippen LogP contribution in [0.1, 0.15) is 44.7 Å². The van der Waals surface area contributed by atoms with Crippen LogP contribution < -0.4 is 11.1 Å². The fourth-order valence-electron chi connectivity index (χ4n) is 2.74. The van der Waals surface area contributed by atoms with Crippen molar-refractivity contribution in [3.05, 3.63) is 29.3 Å². The maximum absolute atomic E-state index is 11.7. The second-order valence-corrected chi connectivity index (χ2v) is 6.25. The van der Waals surface area contributed by atoms with Crippen LogP contribution in [0.4, 0.5) is 5.69 Å². The molecule has 1 aromatic carbocycles. The molecule has 0 bridgehead atoms. The van der Waals surface area contributed by atoms with E-state index in [4.69, 9.17) is 5.73 Å². The van der Waals surface area contributed by atoms with Crippen LogP contribution in [0.15, 0.2) is 18.2 Å². The number of anilines is 1. The van der Waals surface area contributed by atoms with E-state index in [0.29, 0.717) is 18.6 Å². The monoisotopic (exact) mass is 305 g/mol. The Morgan fingerprint density at radius 2 is 2.05 bits per heavy atom. The highest BCUT2D eigenvalue weighted by Crippen LogP contribution is 2.23. The van der Waals surface area contributed by atoms with Crippen molar-refractivity contribution in [2.75, 3.05) is 5.73 Å². The molecule has 5 nitrogen and oxygen atoms in total. The van der Waals surface area contributed by atoms with Crippen LogP contribution >= 0.6 is 0 Å². The molecule has 0 heterocycles. The summed E-state index contributed by atoms with van der Waals surface area (Å²) in [5.41, 5.74) is 8.16.